The zero-order chi connectivity index (χ0) is 16.8. The van der Waals surface area contributed by atoms with Crippen molar-refractivity contribution in [3.8, 4) is 11.5 Å². The van der Waals surface area contributed by atoms with Gasteiger partial charge in [0, 0.05) is 17.9 Å². The lowest BCUT2D eigenvalue weighted by molar-refractivity contribution is -0.132. The summed E-state index contributed by atoms with van der Waals surface area (Å²) in [7, 11) is 0. The molecule has 3 rings (SSSR count). The predicted molar refractivity (Wildman–Crippen MR) is 92.1 cm³/mol. The van der Waals surface area contributed by atoms with Crippen LogP contribution in [0.4, 0.5) is 0 Å². The second kappa shape index (κ2) is 5.55. The van der Waals surface area contributed by atoms with Crippen LogP contribution in [0.1, 0.15) is 57.6 Å². The average Bonchev–Trinajstić information content (AvgIpc) is 2.58. The van der Waals surface area contributed by atoms with Crippen molar-refractivity contribution in [1.29, 1.82) is 0 Å². The van der Waals surface area contributed by atoms with E-state index in [0.717, 1.165) is 35.6 Å². The highest BCUT2D eigenvalue weighted by molar-refractivity contribution is 5.96. The van der Waals surface area contributed by atoms with E-state index in [9.17, 15) is 9.90 Å². The highest BCUT2D eigenvalue weighted by atomic mass is 16.5. The molecule has 122 valence electrons. The molecule has 3 heteroatoms. The van der Waals surface area contributed by atoms with E-state index in [4.69, 9.17) is 4.74 Å². The maximum Gasteiger partial charge on any atom is 0.308 e. The number of rotatable bonds is 1. The Morgan fingerprint density at radius 2 is 1.91 bits per heavy atom. The van der Waals surface area contributed by atoms with Crippen molar-refractivity contribution >= 4 is 16.7 Å². The van der Waals surface area contributed by atoms with Gasteiger partial charge in [0.15, 0.2) is 11.5 Å². The lowest BCUT2D eigenvalue weighted by Gasteiger charge is -2.25. The van der Waals surface area contributed by atoms with Crippen LogP contribution < -0.4 is 4.74 Å². The summed E-state index contributed by atoms with van der Waals surface area (Å²) in [5.41, 5.74) is 2.44. The Bertz CT molecular complexity index is 774. The maximum atomic E-state index is 11.5. The third kappa shape index (κ3) is 2.80. The van der Waals surface area contributed by atoms with E-state index in [1.54, 1.807) is 0 Å². The zero-order valence-electron chi connectivity index (χ0n) is 14.3. The van der Waals surface area contributed by atoms with Crippen molar-refractivity contribution in [3.05, 3.63) is 35.4 Å². The van der Waals surface area contributed by atoms with Crippen molar-refractivity contribution in [2.24, 2.45) is 5.41 Å². The van der Waals surface area contributed by atoms with Crippen LogP contribution in [0.15, 0.2) is 24.3 Å². The Labute approximate surface area is 137 Å². The van der Waals surface area contributed by atoms with Gasteiger partial charge in [-0.15, -0.1) is 0 Å². The van der Waals surface area contributed by atoms with Gasteiger partial charge in [0.1, 0.15) is 0 Å². The molecule has 2 aromatic carbocycles. The topological polar surface area (TPSA) is 46.5 Å². The zero-order valence-corrected chi connectivity index (χ0v) is 14.3. The Kier molecular flexibility index (Phi) is 3.83. The Morgan fingerprint density at radius 3 is 2.57 bits per heavy atom. The van der Waals surface area contributed by atoms with Crippen LogP contribution in [0.5, 0.6) is 11.5 Å². The van der Waals surface area contributed by atoms with Crippen LogP contribution in [0, 0.1) is 5.41 Å². The van der Waals surface area contributed by atoms with Crippen LogP contribution >= 0.6 is 0 Å². The molecule has 0 saturated carbocycles. The van der Waals surface area contributed by atoms with E-state index < -0.39 is 5.97 Å². The van der Waals surface area contributed by atoms with Crippen LogP contribution in [0.3, 0.4) is 0 Å². The molecule has 1 aliphatic rings. The number of phenolic OH excluding ortho intramolecular Hbond substituents is 1. The number of esters is 1. The number of fused-ring (bicyclic) bond motifs is 3. The first-order chi connectivity index (χ1) is 10.8. The smallest absolute Gasteiger partial charge is 0.308 e. The molecule has 3 nitrogen and oxygen atoms in total. The van der Waals surface area contributed by atoms with Crippen molar-refractivity contribution in [1.82, 2.24) is 0 Å². The van der Waals surface area contributed by atoms with Gasteiger partial charge in [-0.25, -0.2) is 0 Å². The van der Waals surface area contributed by atoms with Crippen molar-refractivity contribution in [2.45, 2.75) is 52.9 Å². The lowest BCUT2D eigenvalue weighted by Crippen LogP contribution is -2.12. The molecule has 2 aromatic rings. The minimum Gasteiger partial charge on any atom is -0.504 e. The number of phenols is 1. The second-order valence-electron chi connectivity index (χ2n) is 7.48. The molecule has 0 fully saturated rings. The third-order valence-corrected chi connectivity index (χ3v) is 4.94. The Hall–Kier alpha value is -2.03. The van der Waals surface area contributed by atoms with Gasteiger partial charge in [-0.3, -0.25) is 4.79 Å². The largest absolute Gasteiger partial charge is 0.504 e. The molecule has 1 N–H and O–H groups in total. The number of benzene rings is 2. The Morgan fingerprint density at radius 1 is 1.26 bits per heavy atom. The summed E-state index contributed by atoms with van der Waals surface area (Å²) in [4.78, 5) is 11.5. The number of carbonyl (C=O) groups excluding carboxylic acids is 1. The summed E-state index contributed by atoms with van der Waals surface area (Å²) in [6.45, 7) is 8.17. The lowest BCUT2D eigenvalue weighted by atomic mass is 9.80. The SMILES string of the molecule is CC(=O)Oc1c2c(c3ccccc3c1O)C(C)CC(C)(C)CC2. The molecule has 0 spiro atoms. The summed E-state index contributed by atoms with van der Waals surface area (Å²) in [5.74, 6) is 0.397. The van der Waals surface area contributed by atoms with Gasteiger partial charge in [-0.05, 0) is 41.5 Å². The summed E-state index contributed by atoms with van der Waals surface area (Å²) in [6.07, 6.45) is 2.90. The van der Waals surface area contributed by atoms with Gasteiger partial charge < -0.3 is 9.84 Å². The van der Waals surface area contributed by atoms with Gasteiger partial charge >= 0.3 is 5.97 Å². The summed E-state index contributed by atoms with van der Waals surface area (Å²) < 4.78 is 5.43. The first-order valence-corrected chi connectivity index (χ1v) is 8.25. The Balaban J connectivity index is 2.34. The van der Waals surface area contributed by atoms with Gasteiger partial charge in [0.05, 0.1) is 0 Å². The van der Waals surface area contributed by atoms with E-state index in [2.05, 4.69) is 26.8 Å². The van der Waals surface area contributed by atoms with Crippen LogP contribution in [-0.2, 0) is 11.2 Å². The number of aromatic hydroxyl groups is 1. The van der Waals surface area contributed by atoms with Crippen LogP contribution in [-0.4, -0.2) is 11.1 Å². The highest BCUT2D eigenvalue weighted by Crippen LogP contribution is 2.49. The molecule has 23 heavy (non-hydrogen) atoms. The normalized spacial score (nSPS) is 19.9. The number of hydrogen-bond acceptors (Lipinski definition) is 3. The molecular formula is C20H24O3. The van der Waals surface area contributed by atoms with Crippen LogP contribution in [0.25, 0.3) is 10.8 Å². The maximum absolute atomic E-state index is 11.5. The summed E-state index contributed by atoms with van der Waals surface area (Å²) in [6, 6.07) is 7.84. The second-order valence-corrected chi connectivity index (χ2v) is 7.48. The quantitative estimate of drug-likeness (QED) is 0.461. The van der Waals surface area contributed by atoms with E-state index in [0.29, 0.717) is 11.7 Å². The molecule has 0 saturated heterocycles. The standard InChI is InChI=1S/C20H24O3/c1-12-11-20(3,4)10-9-16-17(12)14-7-5-6-8-15(14)18(22)19(16)23-13(2)21/h5-8,12,22H,9-11H2,1-4H3. The first kappa shape index (κ1) is 15.9. The minimum absolute atomic E-state index is 0.0847. The molecule has 0 heterocycles. The molecule has 0 amide bonds. The monoisotopic (exact) mass is 312 g/mol. The van der Waals surface area contributed by atoms with E-state index in [-0.39, 0.29) is 11.2 Å². The van der Waals surface area contributed by atoms with Gasteiger partial charge in [-0.1, -0.05) is 45.0 Å². The van der Waals surface area contributed by atoms with Crippen LogP contribution in [0.2, 0.25) is 0 Å². The summed E-state index contributed by atoms with van der Waals surface area (Å²) >= 11 is 0. The fourth-order valence-corrected chi connectivity index (χ4v) is 4.04. The van der Waals surface area contributed by atoms with E-state index in [1.807, 2.05) is 18.2 Å². The van der Waals surface area contributed by atoms with Gasteiger partial charge in [-0.2, -0.15) is 0 Å². The fourth-order valence-electron chi connectivity index (χ4n) is 4.04. The molecule has 0 radical (unpaired) electrons. The molecule has 0 aliphatic heterocycles. The molecule has 1 atom stereocenters. The molecule has 1 unspecified atom stereocenters. The fraction of sp³-hybridized carbons (Fsp3) is 0.450. The summed E-state index contributed by atoms with van der Waals surface area (Å²) in [5, 5.41) is 12.5. The average molecular weight is 312 g/mol. The van der Waals surface area contributed by atoms with Gasteiger partial charge in [0.2, 0.25) is 0 Å². The first-order valence-electron chi connectivity index (χ1n) is 8.25. The molecule has 1 aliphatic carbocycles. The minimum atomic E-state index is -0.394. The van der Waals surface area contributed by atoms with Crippen molar-refractivity contribution < 1.29 is 14.6 Å². The predicted octanol–water partition coefficient (Wildman–Crippen LogP) is 4.94. The number of hydrogen-bond donors (Lipinski definition) is 1. The number of ether oxygens (including phenoxy) is 1. The number of carbonyl (C=O) groups is 1. The van der Waals surface area contributed by atoms with Crippen molar-refractivity contribution in [2.75, 3.05) is 0 Å². The van der Waals surface area contributed by atoms with E-state index in [1.165, 1.54) is 12.5 Å². The van der Waals surface area contributed by atoms with Crippen molar-refractivity contribution in [3.63, 3.8) is 0 Å². The third-order valence-electron chi connectivity index (χ3n) is 4.94. The highest BCUT2D eigenvalue weighted by Gasteiger charge is 2.32. The molecule has 0 aromatic heterocycles. The molecule has 0 bridgehead atoms. The van der Waals surface area contributed by atoms with E-state index >= 15 is 0 Å². The molecular weight excluding hydrogens is 288 g/mol. The van der Waals surface area contributed by atoms with Gasteiger partial charge in [0.25, 0.3) is 0 Å².